The van der Waals surface area contributed by atoms with E-state index < -0.39 is 0 Å². The lowest BCUT2D eigenvalue weighted by molar-refractivity contribution is 0.813. The number of aryl methyl sites for hydroxylation is 2. The normalized spacial score (nSPS) is 11.3. The molecule has 5 heteroatoms. The Morgan fingerprint density at radius 1 is 1.37 bits per heavy atom. The van der Waals surface area contributed by atoms with E-state index in [1.807, 2.05) is 24.5 Å². The molecule has 0 aliphatic carbocycles. The fourth-order valence-corrected chi connectivity index (χ4v) is 3.36. The molecule has 3 rings (SSSR count). The Morgan fingerprint density at radius 2 is 2.16 bits per heavy atom. The molecule has 0 amide bonds. The predicted molar refractivity (Wildman–Crippen MR) is 82.5 cm³/mol. The van der Waals surface area contributed by atoms with Crippen LogP contribution in [0.2, 0.25) is 0 Å². The number of aromatic amines is 1. The summed E-state index contributed by atoms with van der Waals surface area (Å²) in [6, 6.07) is 6.45. The van der Waals surface area contributed by atoms with Gasteiger partial charge in [-0.1, -0.05) is 6.92 Å². The van der Waals surface area contributed by atoms with E-state index in [1.165, 1.54) is 9.75 Å². The summed E-state index contributed by atoms with van der Waals surface area (Å²) in [5, 5.41) is 0. The number of nitrogens with one attached hydrogen (secondary N) is 1. The quantitative estimate of drug-likeness (QED) is 0.737. The first-order valence-electron chi connectivity index (χ1n) is 6.30. The zero-order chi connectivity index (χ0) is 13.4. The van der Waals surface area contributed by atoms with Crippen molar-refractivity contribution in [1.82, 2.24) is 14.5 Å². The first-order chi connectivity index (χ1) is 9.17. The number of hydrogen-bond acceptors (Lipinski definition) is 3. The van der Waals surface area contributed by atoms with Crippen LogP contribution in [0.4, 0.5) is 0 Å². The molecule has 3 nitrogen and oxygen atoms in total. The van der Waals surface area contributed by atoms with E-state index in [1.54, 1.807) is 0 Å². The van der Waals surface area contributed by atoms with Crippen molar-refractivity contribution in [3.63, 3.8) is 0 Å². The minimum absolute atomic E-state index is 0.736. The van der Waals surface area contributed by atoms with E-state index in [9.17, 15) is 0 Å². The van der Waals surface area contributed by atoms with Crippen LogP contribution in [0, 0.1) is 11.7 Å². The van der Waals surface area contributed by atoms with Gasteiger partial charge in [0.05, 0.1) is 12.1 Å². The average Bonchev–Trinajstić information content (AvgIpc) is 2.95. The van der Waals surface area contributed by atoms with Crippen LogP contribution in [-0.2, 0) is 13.0 Å². The number of pyridine rings is 1. The van der Waals surface area contributed by atoms with Gasteiger partial charge >= 0.3 is 0 Å². The highest BCUT2D eigenvalue weighted by atomic mass is 32.1. The molecule has 98 valence electrons. The van der Waals surface area contributed by atoms with Gasteiger partial charge in [0.15, 0.2) is 10.4 Å². The van der Waals surface area contributed by atoms with E-state index in [0.717, 1.165) is 34.5 Å². The van der Waals surface area contributed by atoms with E-state index in [4.69, 9.17) is 12.2 Å². The summed E-state index contributed by atoms with van der Waals surface area (Å²) in [6.45, 7) is 5.00. The monoisotopic (exact) mass is 289 g/mol. The lowest BCUT2D eigenvalue weighted by Gasteiger charge is -2.01. The molecule has 0 saturated heterocycles. The number of hydrogen-bond donors (Lipinski definition) is 1. The Hall–Kier alpha value is -1.46. The van der Waals surface area contributed by atoms with Crippen LogP contribution in [-0.4, -0.2) is 14.5 Å². The van der Waals surface area contributed by atoms with Gasteiger partial charge in [-0.3, -0.25) is 4.57 Å². The third-order valence-corrected chi connectivity index (χ3v) is 4.66. The molecule has 0 unspecified atom stereocenters. The van der Waals surface area contributed by atoms with Gasteiger partial charge in [0, 0.05) is 16.0 Å². The molecule has 0 fully saturated rings. The summed E-state index contributed by atoms with van der Waals surface area (Å²) in [7, 11) is 0. The van der Waals surface area contributed by atoms with Crippen LogP contribution in [0.1, 0.15) is 22.2 Å². The molecular weight excluding hydrogens is 274 g/mol. The lowest BCUT2D eigenvalue weighted by Crippen LogP contribution is -1.99. The van der Waals surface area contributed by atoms with Crippen molar-refractivity contribution in [2.24, 2.45) is 0 Å². The maximum atomic E-state index is 5.40. The molecule has 0 aromatic carbocycles. The van der Waals surface area contributed by atoms with Crippen molar-refractivity contribution >= 4 is 34.7 Å². The predicted octanol–water partition coefficient (Wildman–Crippen LogP) is 4.07. The van der Waals surface area contributed by atoms with Crippen molar-refractivity contribution in [3.05, 3.63) is 44.5 Å². The van der Waals surface area contributed by atoms with Gasteiger partial charge in [0.25, 0.3) is 0 Å². The zero-order valence-corrected chi connectivity index (χ0v) is 12.6. The van der Waals surface area contributed by atoms with E-state index >= 15 is 0 Å². The number of aromatic nitrogens is 3. The third-order valence-electron chi connectivity index (χ3n) is 3.13. The Bertz CT molecular complexity index is 779. The Balaban J connectivity index is 2.05. The Kier molecular flexibility index (Phi) is 3.24. The van der Waals surface area contributed by atoms with Gasteiger partial charge in [-0.05, 0) is 49.3 Å². The van der Waals surface area contributed by atoms with E-state index in [-0.39, 0.29) is 0 Å². The van der Waals surface area contributed by atoms with Crippen LogP contribution in [0.5, 0.6) is 0 Å². The lowest BCUT2D eigenvalue weighted by atomic mass is 10.3. The minimum Gasteiger partial charge on any atom is -0.329 e. The smallest absolute Gasteiger partial charge is 0.179 e. The number of H-pyrrole nitrogens is 1. The second kappa shape index (κ2) is 4.90. The second-order valence-electron chi connectivity index (χ2n) is 4.62. The highest BCUT2D eigenvalue weighted by molar-refractivity contribution is 7.71. The highest BCUT2D eigenvalue weighted by Gasteiger charge is 2.08. The fraction of sp³-hybridized carbons (Fsp3) is 0.286. The first-order valence-corrected chi connectivity index (χ1v) is 7.52. The molecule has 0 bridgehead atoms. The molecule has 0 radical (unpaired) electrons. The second-order valence-corrected chi connectivity index (χ2v) is 6.26. The van der Waals surface area contributed by atoms with Crippen LogP contribution >= 0.6 is 23.6 Å². The number of rotatable bonds is 3. The summed E-state index contributed by atoms with van der Waals surface area (Å²) in [5.41, 5.74) is 3.08. The minimum atomic E-state index is 0.736. The van der Waals surface area contributed by atoms with Crippen molar-refractivity contribution in [2.75, 3.05) is 0 Å². The summed E-state index contributed by atoms with van der Waals surface area (Å²) in [5.74, 6) is 0. The molecule has 0 aliphatic heterocycles. The van der Waals surface area contributed by atoms with E-state index in [2.05, 4.69) is 39.7 Å². The zero-order valence-electron chi connectivity index (χ0n) is 10.9. The molecule has 0 saturated carbocycles. The molecule has 19 heavy (non-hydrogen) atoms. The van der Waals surface area contributed by atoms with Crippen molar-refractivity contribution in [3.8, 4) is 0 Å². The molecule has 0 atom stereocenters. The standard InChI is InChI=1S/C14H15N3S2/c1-3-10-4-5-11(19-10)8-17-13-12(16-14(17)18)6-9(2)7-15-13/h4-7H,3,8H2,1-2H3,(H,16,18). The number of fused-ring (bicyclic) bond motifs is 1. The molecule has 0 aliphatic rings. The van der Waals surface area contributed by atoms with Crippen molar-refractivity contribution in [1.29, 1.82) is 0 Å². The Morgan fingerprint density at radius 3 is 2.89 bits per heavy atom. The van der Waals surface area contributed by atoms with Gasteiger partial charge in [0.2, 0.25) is 0 Å². The fourth-order valence-electron chi connectivity index (χ4n) is 2.15. The number of imidazole rings is 1. The van der Waals surface area contributed by atoms with Crippen LogP contribution in [0.3, 0.4) is 0 Å². The number of thiophene rings is 1. The topological polar surface area (TPSA) is 33.6 Å². The SMILES string of the molecule is CCc1ccc(Cn2c(=S)[nH]c3cc(C)cnc32)s1. The van der Waals surface area contributed by atoms with E-state index in [0.29, 0.717) is 0 Å². The summed E-state index contributed by atoms with van der Waals surface area (Å²) >= 11 is 7.25. The van der Waals surface area contributed by atoms with Crippen LogP contribution < -0.4 is 0 Å². The summed E-state index contributed by atoms with van der Waals surface area (Å²) < 4.78 is 2.80. The molecule has 3 aromatic rings. The number of nitrogens with zero attached hydrogens (tertiary/aromatic N) is 2. The molecule has 1 N–H and O–H groups in total. The third kappa shape index (κ3) is 2.35. The van der Waals surface area contributed by atoms with Gasteiger partial charge < -0.3 is 4.98 Å². The molecule has 3 heterocycles. The van der Waals surface area contributed by atoms with Crippen molar-refractivity contribution in [2.45, 2.75) is 26.8 Å². The molecule has 3 aromatic heterocycles. The first kappa shape index (κ1) is 12.6. The van der Waals surface area contributed by atoms with Gasteiger partial charge in [-0.15, -0.1) is 11.3 Å². The largest absolute Gasteiger partial charge is 0.329 e. The van der Waals surface area contributed by atoms with Gasteiger partial charge in [-0.25, -0.2) is 4.98 Å². The van der Waals surface area contributed by atoms with Crippen LogP contribution in [0.25, 0.3) is 11.2 Å². The van der Waals surface area contributed by atoms with Gasteiger partial charge in [0.1, 0.15) is 0 Å². The van der Waals surface area contributed by atoms with Crippen molar-refractivity contribution < 1.29 is 0 Å². The Labute approximate surface area is 120 Å². The summed E-state index contributed by atoms with van der Waals surface area (Å²) in [6.07, 6.45) is 2.97. The molecule has 0 spiro atoms. The average molecular weight is 289 g/mol. The maximum Gasteiger partial charge on any atom is 0.179 e. The highest BCUT2D eigenvalue weighted by Crippen LogP contribution is 2.20. The molecular formula is C14H15N3S2. The van der Waals surface area contributed by atoms with Crippen LogP contribution in [0.15, 0.2) is 24.4 Å². The summed E-state index contributed by atoms with van der Waals surface area (Å²) in [4.78, 5) is 10.4. The maximum absolute atomic E-state index is 5.40. The van der Waals surface area contributed by atoms with Gasteiger partial charge in [-0.2, -0.15) is 0 Å².